The maximum atomic E-state index is 6.19. The summed E-state index contributed by atoms with van der Waals surface area (Å²) in [5.41, 5.74) is 11.7. The fraction of sp³-hybridized carbons (Fsp3) is 0.0270. The Labute approximate surface area is 248 Å². The lowest BCUT2D eigenvalue weighted by atomic mass is 9.95. The maximum absolute atomic E-state index is 6.19. The highest BCUT2D eigenvalue weighted by Gasteiger charge is 2.26. The van der Waals surface area contributed by atoms with E-state index >= 15 is 0 Å². The first-order valence-electron chi connectivity index (χ1n) is 14.4. The molecule has 6 heteroatoms. The van der Waals surface area contributed by atoms with E-state index < -0.39 is 0 Å². The van der Waals surface area contributed by atoms with Crippen molar-refractivity contribution in [2.45, 2.75) is 6.42 Å². The Morgan fingerprint density at radius 2 is 0.930 bits per heavy atom. The van der Waals surface area contributed by atoms with Crippen molar-refractivity contribution in [1.29, 1.82) is 0 Å². The van der Waals surface area contributed by atoms with E-state index in [9.17, 15) is 0 Å². The van der Waals surface area contributed by atoms with Crippen LogP contribution in [0, 0.1) is 0 Å². The van der Waals surface area contributed by atoms with E-state index in [1.54, 1.807) is 4.80 Å². The minimum atomic E-state index is 0.821. The summed E-state index contributed by atoms with van der Waals surface area (Å²) in [5, 5.41) is 9.72. The van der Waals surface area contributed by atoms with Gasteiger partial charge in [-0.25, -0.2) is 0 Å². The average Bonchev–Trinajstić information content (AvgIpc) is 3.50. The van der Waals surface area contributed by atoms with Gasteiger partial charge in [0.15, 0.2) is 11.5 Å². The molecule has 0 N–H and O–H groups in total. The second kappa shape index (κ2) is 9.33. The molecule has 6 nitrogen and oxygen atoms in total. The van der Waals surface area contributed by atoms with Crippen molar-refractivity contribution in [3.8, 4) is 17.2 Å². The largest absolute Gasteiger partial charge is 0.453 e. The van der Waals surface area contributed by atoms with Crippen LogP contribution in [0.4, 0.5) is 34.1 Å². The Morgan fingerprint density at radius 1 is 0.442 bits per heavy atom. The molecule has 0 saturated heterocycles. The van der Waals surface area contributed by atoms with Crippen LogP contribution in [0.5, 0.6) is 11.5 Å². The molecule has 0 aliphatic carbocycles. The molecule has 204 valence electrons. The van der Waals surface area contributed by atoms with Gasteiger partial charge in [0, 0.05) is 29.2 Å². The van der Waals surface area contributed by atoms with Gasteiger partial charge >= 0.3 is 0 Å². The number of benzene rings is 6. The number of rotatable bonds is 3. The van der Waals surface area contributed by atoms with Crippen LogP contribution in [0.2, 0.25) is 0 Å². The first-order chi connectivity index (χ1) is 21.3. The molecule has 0 unspecified atom stereocenters. The minimum Gasteiger partial charge on any atom is -0.453 e. The molecule has 3 heterocycles. The third-order valence-electron chi connectivity index (χ3n) is 8.24. The quantitative estimate of drug-likeness (QED) is 0.217. The van der Waals surface area contributed by atoms with Gasteiger partial charge in [0.25, 0.3) is 0 Å². The molecule has 0 fully saturated rings. The van der Waals surface area contributed by atoms with Crippen molar-refractivity contribution in [3.05, 3.63) is 151 Å². The summed E-state index contributed by atoms with van der Waals surface area (Å²) in [6.07, 6.45) is 0.939. The van der Waals surface area contributed by atoms with Gasteiger partial charge < -0.3 is 14.5 Å². The van der Waals surface area contributed by atoms with E-state index in [4.69, 9.17) is 14.9 Å². The van der Waals surface area contributed by atoms with E-state index in [2.05, 4.69) is 107 Å². The highest BCUT2D eigenvalue weighted by atomic mass is 16.5. The number of hydrogen-bond acceptors (Lipinski definition) is 5. The van der Waals surface area contributed by atoms with Crippen LogP contribution in [0.1, 0.15) is 11.1 Å². The van der Waals surface area contributed by atoms with Gasteiger partial charge in [-0.2, -0.15) is 4.80 Å². The predicted molar refractivity (Wildman–Crippen MR) is 171 cm³/mol. The number of para-hydroxylation sites is 6. The zero-order chi connectivity index (χ0) is 28.3. The second-order valence-electron chi connectivity index (χ2n) is 10.8. The van der Waals surface area contributed by atoms with E-state index in [-0.39, 0.29) is 0 Å². The van der Waals surface area contributed by atoms with E-state index in [1.807, 2.05) is 42.5 Å². The number of nitrogens with zero attached hydrogens (tertiary/aromatic N) is 5. The molecular formula is C37H25N5O. The lowest BCUT2D eigenvalue weighted by molar-refractivity contribution is 0.477. The molecule has 1 aromatic heterocycles. The standard InChI is InChI=1S/C37H25N5O/c1-3-11-32-25(9-1)23-26-10-2-4-12-33(26)40(32)27-17-19-28(20-18-27)42-38-30-22-21-29(24-31(30)39-42)41-34-13-5-7-15-36(34)43-37-16-8-6-14-35(37)41/h1-22,24H,23H2. The molecule has 0 saturated carbocycles. The van der Waals surface area contributed by atoms with E-state index in [0.717, 1.165) is 57.4 Å². The molecule has 0 radical (unpaired) electrons. The zero-order valence-corrected chi connectivity index (χ0v) is 23.1. The summed E-state index contributed by atoms with van der Waals surface area (Å²) < 4.78 is 6.19. The Bertz CT molecular complexity index is 2080. The van der Waals surface area contributed by atoms with Crippen molar-refractivity contribution in [2.24, 2.45) is 0 Å². The average molecular weight is 556 g/mol. The van der Waals surface area contributed by atoms with Gasteiger partial charge in [-0.15, -0.1) is 10.2 Å². The third kappa shape index (κ3) is 3.81. The number of anilines is 6. The number of fused-ring (bicyclic) bond motifs is 5. The van der Waals surface area contributed by atoms with E-state index in [0.29, 0.717) is 0 Å². The Hall–Kier alpha value is -5.88. The summed E-state index contributed by atoms with van der Waals surface area (Å²) in [7, 11) is 0. The topological polar surface area (TPSA) is 46.4 Å². The summed E-state index contributed by atoms with van der Waals surface area (Å²) in [5.74, 6) is 1.65. The number of ether oxygens (including phenoxy) is 1. The van der Waals surface area contributed by atoms with Crippen molar-refractivity contribution in [2.75, 3.05) is 9.80 Å². The summed E-state index contributed by atoms with van der Waals surface area (Å²) in [6.45, 7) is 0. The lowest BCUT2D eigenvalue weighted by Crippen LogP contribution is -2.18. The normalized spacial score (nSPS) is 13.1. The Balaban J connectivity index is 1.08. The molecule has 2 aliphatic heterocycles. The van der Waals surface area contributed by atoms with Gasteiger partial charge in [0.1, 0.15) is 11.0 Å². The first kappa shape index (κ1) is 23.8. The highest BCUT2D eigenvalue weighted by molar-refractivity contribution is 5.90. The molecule has 7 aromatic rings. The minimum absolute atomic E-state index is 0.821. The van der Waals surface area contributed by atoms with Crippen LogP contribution in [0.3, 0.4) is 0 Å². The fourth-order valence-corrected chi connectivity index (χ4v) is 6.25. The number of hydrogen-bond donors (Lipinski definition) is 0. The molecule has 9 rings (SSSR count). The van der Waals surface area contributed by atoms with Crippen LogP contribution in [-0.4, -0.2) is 15.0 Å². The molecule has 6 aromatic carbocycles. The summed E-state index contributed by atoms with van der Waals surface area (Å²) in [6, 6.07) is 48.2. The number of aromatic nitrogens is 3. The van der Waals surface area contributed by atoms with Crippen LogP contribution in [0.15, 0.2) is 140 Å². The van der Waals surface area contributed by atoms with Gasteiger partial charge in [0.2, 0.25) is 0 Å². The Kier molecular flexibility index (Phi) is 5.16. The van der Waals surface area contributed by atoms with Gasteiger partial charge in [-0.1, -0.05) is 60.7 Å². The van der Waals surface area contributed by atoms with Crippen molar-refractivity contribution < 1.29 is 4.74 Å². The summed E-state index contributed by atoms with van der Waals surface area (Å²) >= 11 is 0. The molecule has 0 spiro atoms. The molecule has 43 heavy (non-hydrogen) atoms. The smallest absolute Gasteiger partial charge is 0.151 e. The van der Waals surface area contributed by atoms with Gasteiger partial charge in [0.05, 0.1) is 17.1 Å². The molecule has 0 amide bonds. The van der Waals surface area contributed by atoms with Crippen LogP contribution < -0.4 is 14.5 Å². The van der Waals surface area contributed by atoms with Crippen LogP contribution >= 0.6 is 0 Å². The van der Waals surface area contributed by atoms with Crippen molar-refractivity contribution in [1.82, 2.24) is 15.0 Å². The molecule has 0 bridgehead atoms. The second-order valence-corrected chi connectivity index (χ2v) is 10.8. The lowest BCUT2D eigenvalue weighted by Gasteiger charge is -2.33. The Morgan fingerprint density at radius 3 is 1.58 bits per heavy atom. The van der Waals surface area contributed by atoms with Gasteiger partial charge in [-0.05, 0) is 90.0 Å². The van der Waals surface area contributed by atoms with Crippen LogP contribution in [-0.2, 0) is 6.42 Å². The maximum Gasteiger partial charge on any atom is 0.151 e. The zero-order valence-electron chi connectivity index (χ0n) is 23.1. The molecule has 2 aliphatic rings. The van der Waals surface area contributed by atoms with Crippen LogP contribution in [0.25, 0.3) is 16.7 Å². The molecular weight excluding hydrogens is 530 g/mol. The van der Waals surface area contributed by atoms with Gasteiger partial charge in [-0.3, -0.25) is 0 Å². The highest BCUT2D eigenvalue weighted by Crippen LogP contribution is 2.50. The summed E-state index contributed by atoms with van der Waals surface area (Å²) in [4.78, 5) is 6.28. The predicted octanol–water partition coefficient (Wildman–Crippen LogP) is 9.37. The first-order valence-corrected chi connectivity index (χ1v) is 14.4. The fourth-order valence-electron chi connectivity index (χ4n) is 6.25. The molecule has 0 atom stereocenters. The SMILES string of the molecule is c1ccc2c(c1)Cc1ccccc1N2c1ccc(-n2nc3ccc(N4c5ccccc5Oc5ccccc54)cc3n2)cc1. The van der Waals surface area contributed by atoms with E-state index in [1.165, 1.54) is 22.5 Å². The monoisotopic (exact) mass is 555 g/mol. The van der Waals surface area contributed by atoms with Crippen molar-refractivity contribution in [3.63, 3.8) is 0 Å². The third-order valence-corrected chi connectivity index (χ3v) is 8.24. The van der Waals surface area contributed by atoms with Crippen molar-refractivity contribution >= 4 is 45.2 Å².